The van der Waals surface area contributed by atoms with Crippen molar-refractivity contribution in [3.8, 4) is 0 Å². The van der Waals surface area contributed by atoms with Crippen molar-refractivity contribution < 1.29 is 24.2 Å². The van der Waals surface area contributed by atoms with Gasteiger partial charge in [0.1, 0.15) is 6.04 Å². The second-order valence-electron chi connectivity index (χ2n) is 5.82. The van der Waals surface area contributed by atoms with Gasteiger partial charge in [-0.15, -0.1) is 0 Å². The summed E-state index contributed by atoms with van der Waals surface area (Å²) in [6, 6.07) is -1.38. The molecule has 0 heterocycles. The first-order valence-electron chi connectivity index (χ1n) is 7.38. The average molecular weight is 298 g/mol. The maximum Gasteiger partial charge on any atom is 0.326 e. The summed E-state index contributed by atoms with van der Waals surface area (Å²) in [6.45, 7) is 0. The van der Waals surface area contributed by atoms with Gasteiger partial charge in [0.15, 0.2) is 0 Å². The number of hydrogen-bond acceptors (Lipinski definition) is 4. The third-order valence-corrected chi connectivity index (χ3v) is 4.03. The molecule has 0 aromatic rings. The zero-order chi connectivity index (χ0) is 15.4. The Morgan fingerprint density at radius 1 is 1.14 bits per heavy atom. The SMILES string of the molecule is COC(=O)CC[C@H](NC(=O)NC(C1CC1)C1CC1)C(=O)O. The molecule has 1 atom stereocenters. The van der Waals surface area contributed by atoms with Crippen molar-refractivity contribution in [3.63, 3.8) is 0 Å². The fourth-order valence-corrected chi connectivity index (χ4v) is 2.50. The van der Waals surface area contributed by atoms with Gasteiger partial charge in [0.2, 0.25) is 0 Å². The van der Waals surface area contributed by atoms with Gasteiger partial charge in [-0.1, -0.05) is 0 Å². The van der Waals surface area contributed by atoms with E-state index in [1.54, 1.807) is 0 Å². The largest absolute Gasteiger partial charge is 0.480 e. The molecular formula is C14H22N2O5. The molecule has 0 radical (unpaired) electrons. The van der Waals surface area contributed by atoms with Gasteiger partial charge in [-0.3, -0.25) is 4.79 Å². The topological polar surface area (TPSA) is 105 Å². The predicted molar refractivity (Wildman–Crippen MR) is 73.6 cm³/mol. The van der Waals surface area contributed by atoms with Gasteiger partial charge in [-0.05, 0) is 43.9 Å². The third kappa shape index (κ3) is 4.91. The number of carboxylic acid groups (broad SMARTS) is 1. The van der Waals surface area contributed by atoms with Gasteiger partial charge in [-0.2, -0.15) is 0 Å². The number of urea groups is 1. The summed E-state index contributed by atoms with van der Waals surface area (Å²) in [6.07, 6.45) is 4.51. The van der Waals surface area contributed by atoms with Crippen LogP contribution in [0.25, 0.3) is 0 Å². The second kappa shape index (κ2) is 6.78. The quantitative estimate of drug-likeness (QED) is 0.577. The van der Waals surface area contributed by atoms with Crippen molar-refractivity contribution in [3.05, 3.63) is 0 Å². The summed E-state index contributed by atoms with van der Waals surface area (Å²) in [5.41, 5.74) is 0. The molecule has 3 N–H and O–H groups in total. The maximum absolute atomic E-state index is 11.9. The number of carboxylic acids is 1. The van der Waals surface area contributed by atoms with E-state index in [4.69, 9.17) is 5.11 Å². The van der Waals surface area contributed by atoms with Crippen LogP contribution < -0.4 is 10.6 Å². The van der Waals surface area contributed by atoms with Gasteiger partial charge in [0.25, 0.3) is 0 Å². The zero-order valence-electron chi connectivity index (χ0n) is 12.1. The monoisotopic (exact) mass is 298 g/mol. The van der Waals surface area contributed by atoms with E-state index in [9.17, 15) is 14.4 Å². The molecule has 2 fully saturated rings. The molecule has 0 bridgehead atoms. The lowest BCUT2D eigenvalue weighted by Gasteiger charge is -2.20. The standard InChI is InChI=1S/C14H22N2O5/c1-21-11(17)7-6-10(13(18)19)15-14(20)16-12(8-2-3-8)9-4-5-9/h8-10,12H,2-7H2,1H3,(H,18,19)(H2,15,16,20)/t10-/m0/s1. The molecule has 2 amide bonds. The van der Waals surface area contributed by atoms with Crippen molar-refractivity contribution in [1.82, 2.24) is 10.6 Å². The van der Waals surface area contributed by atoms with Crippen LogP contribution in [-0.2, 0) is 14.3 Å². The molecule has 0 spiro atoms. The summed E-state index contributed by atoms with van der Waals surface area (Å²) in [4.78, 5) is 34.1. The van der Waals surface area contributed by atoms with Crippen LogP contribution in [0.2, 0.25) is 0 Å². The van der Waals surface area contributed by atoms with Gasteiger partial charge in [0, 0.05) is 12.5 Å². The number of carbonyl (C=O) groups is 3. The highest BCUT2D eigenvalue weighted by atomic mass is 16.5. The van der Waals surface area contributed by atoms with Crippen LogP contribution >= 0.6 is 0 Å². The summed E-state index contributed by atoms with van der Waals surface area (Å²) in [5.74, 6) is -0.552. The molecule has 2 aliphatic rings. The minimum atomic E-state index is -1.15. The summed E-state index contributed by atoms with van der Waals surface area (Å²) in [5, 5.41) is 14.4. The van der Waals surface area contributed by atoms with Crippen LogP contribution in [0.5, 0.6) is 0 Å². The minimum Gasteiger partial charge on any atom is -0.480 e. The van der Waals surface area contributed by atoms with E-state index in [-0.39, 0.29) is 18.9 Å². The maximum atomic E-state index is 11.9. The normalized spacial score (nSPS) is 19.0. The number of methoxy groups -OCH3 is 1. The van der Waals surface area contributed by atoms with Crippen LogP contribution in [0.4, 0.5) is 4.79 Å². The van der Waals surface area contributed by atoms with Gasteiger partial charge >= 0.3 is 18.0 Å². The van der Waals surface area contributed by atoms with E-state index < -0.39 is 24.0 Å². The Balaban J connectivity index is 1.79. The fourth-order valence-electron chi connectivity index (χ4n) is 2.50. The van der Waals surface area contributed by atoms with Gasteiger partial charge < -0.3 is 20.5 Å². The highest BCUT2D eigenvalue weighted by Crippen LogP contribution is 2.44. The van der Waals surface area contributed by atoms with Crippen LogP contribution in [-0.4, -0.2) is 42.3 Å². The first-order chi connectivity index (χ1) is 10.0. The first kappa shape index (κ1) is 15.6. The Morgan fingerprint density at radius 3 is 2.14 bits per heavy atom. The van der Waals surface area contributed by atoms with Gasteiger partial charge in [-0.25, -0.2) is 9.59 Å². The third-order valence-electron chi connectivity index (χ3n) is 4.03. The fraction of sp³-hybridized carbons (Fsp3) is 0.786. The first-order valence-corrected chi connectivity index (χ1v) is 7.38. The number of amides is 2. The minimum absolute atomic E-state index is 0.0208. The zero-order valence-corrected chi connectivity index (χ0v) is 12.1. The molecule has 7 heteroatoms. The Labute approximate surface area is 123 Å². The Hall–Kier alpha value is -1.79. The van der Waals surface area contributed by atoms with Crippen molar-refractivity contribution in [2.45, 2.75) is 50.6 Å². The summed E-state index contributed by atoms with van der Waals surface area (Å²) in [7, 11) is 1.24. The number of esters is 1. The van der Waals surface area contributed by atoms with Crippen LogP contribution in [0.15, 0.2) is 0 Å². The van der Waals surface area contributed by atoms with E-state index in [0.717, 1.165) is 25.7 Å². The average Bonchev–Trinajstić information content (AvgIpc) is 3.31. The van der Waals surface area contributed by atoms with E-state index >= 15 is 0 Å². The number of nitrogens with one attached hydrogen (secondary N) is 2. The summed E-state index contributed by atoms with van der Waals surface area (Å²) >= 11 is 0. The van der Waals surface area contributed by atoms with Crippen molar-refractivity contribution in [2.75, 3.05) is 7.11 Å². The molecule has 7 nitrogen and oxygen atoms in total. The number of ether oxygens (including phenoxy) is 1. The number of carbonyl (C=O) groups excluding carboxylic acids is 2. The smallest absolute Gasteiger partial charge is 0.326 e. The Kier molecular flexibility index (Phi) is 5.03. The van der Waals surface area contributed by atoms with E-state index in [0.29, 0.717) is 11.8 Å². The molecular weight excluding hydrogens is 276 g/mol. The molecule has 0 aromatic heterocycles. The molecule has 0 saturated heterocycles. The van der Waals surface area contributed by atoms with E-state index in [1.807, 2.05) is 0 Å². The number of rotatable bonds is 8. The van der Waals surface area contributed by atoms with Crippen molar-refractivity contribution >= 4 is 18.0 Å². The molecule has 21 heavy (non-hydrogen) atoms. The lowest BCUT2D eigenvalue weighted by atomic mass is 10.1. The van der Waals surface area contributed by atoms with E-state index in [2.05, 4.69) is 15.4 Å². The molecule has 2 saturated carbocycles. The highest BCUT2D eigenvalue weighted by Gasteiger charge is 2.42. The Morgan fingerprint density at radius 2 is 1.71 bits per heavy atom. The lowest BCUT2D eigenvalue weighted by Crippen LogP contribution is -2.50. The Bertz CT molecular complexity index is 406. The second-order valence-corrected chi connectivity index (χ2v) is 5.82. The van der Waals surface area contributed by atoms with E-state index in [1.165, 1.54) is 7.11 Å². The summed E-state index contributed by atoms with van der Waals surface area (Å²) < 4.78 is 4.47. The van der Waals surface area contributed by atoms with Gasteiger partial charge in [0.05, 0.1) is 7.11 Å². The number of aliphatic carboxylic acids is 1. The predicted octanol–water partition coefficient (Wildman–Crippen LogP) is 0.881. The molecule has 2 rings (SSSR count). The molecule has 0 aliphatic heterocycles. The molecule has 0 unspecified atom stereocenters. The van der Waals surface area contributed by atoms with Crippen LogP contribution in [0.3, 0.4) is 0 Å². The molecule has 118 valence electrons. The molecule has 2 aliphatic carbocycles. The molecule has 0 aromatic carbocycles. The van der Waals surface area contributed by atoms with Crippen LogP contribution in [0.1, 0.15) is 38.5 Å². The lowest BCUT2D eigenvalue weighted by molar-refractivity contribution is -0.142. The highest BCUT2D eigenvalue weighted by molar-refractivity contribution is 5.83. The van der Waals surface area contributed by atoms with Crippen molar-refractivity contribution in [1.29, 1.82) is 0 Å². The van der Waals surface area contributed by atoms with Crippen molar-refractivity contribution in [2.24, 2.45) is 11.8 Å². The van der Waals surface area contributed by atoms with Crippen LogP contribution in [0, 0.1) is 11.8 Å². The number of hydrogen-bond donors (Lipinski definition) is 3.